The van der Waals surface area contributed by atoms with Crippen molar-refractivity contribution in [3.63, 3.8) is 0 Å². The molecule has 1 radical (unpaired) electrons. The van der Waals surface area contributed by atoms with Crippen LogP contribution in [0.1, 0.15) is 41.4 Å². The van der Waals surface area contributed by atoms with E-state index in [9.17, 15) is 27.6 Å². The topological polar surface area (TPSA) is 137 Å². The van der Waals surface area contributed by atoms with Gasteiger partial charge in [-0.1, -0.05) is 42.3 Å². The Balaban J connectivity index is 0.000000251. The van der Waals surface area contributed by atoms with Crippen LogP contribution >= 0.6 is 11.6 Å². The summed E-state index contributed by atoms with van der Waals surface area (Å²) in [6, 6.07) is 17.7. The van der Waals surface area contributed by atoms with Gasteiger partial charge in [-0.25, -0.2) is 14.6 Å². The van der Waals surface area contributed by atoms with Gasteiger partial charge in [-0.15, -0.1) is 5.56 Å². The van der Waals surface area contributed by atoms with Gasteiger partial charge < -0.3 is 43.6 Å². The van der Waals surface area contributed by atoms with Gasteiger partial charge >= 0.3 is 35.0 Å². The first-order chi connectivity index (χ1) is 27.2. The molecule has 58 heavy (non-hydrogen) atoms. The molecular weight excluding hydrogens is 820 g/mol. The molecular formula is C40H40ClF3MnN8O5. The van der Waals surface area contributed by atoms with E-state index in [0.29, 0.717) is 30.6 Å². The van der Waals surface area contributed by atoms with Crippen LogP contribution in [0.5, 0.6) is 5.88 Å². The number of benzene rings is 2. The number of fused-ring (bicyclic) bond motifs is 2. The van der Waals surface area contributed by atoms with Crippen LogP contribution in [-0.2, 0) is 48.5 Å². The number of ether oxygens (including phenoxy) is 2. The smallest absolute Gasteiger partial charge is 0.481 e. The van der Waals surface area contributed by atoms with Crippen molar-refractivity contribution in [3.05, 3.63) is 103 Å². The van der Waals surface area contributed by atoms with Gasteiger partial charge in [-0.2, -0.15) is 43.0 Å². The summed E-state index contributed by atoms with van der Waals surface area (Å²) >= 11 is 7.00. The number of urea groups is 1. The zero-order valence-corrected chi connectivity index (χ0v) is 34.3. The van der Waals surface area contributed by atoms with Gasteiger partial charge in [-0.3, -0.25) is 4.90 Å². The molecule has 2 aliphatic heterocycles. The number of carbonyl (C=O) groups is 1. The Hall–Kier alpha value is -4.80. The zero-order chi connectivity index (χ0) is 40.8. The van der Waals surface area contributed by atoms with Crippen molar-refractivity contribution in [1.29, 1.82) is 0 Å². The normalized spacial score (nSPS) is 18.9. The predicted octanol–water partition coefficient (Wildman–Crippen LogP) is 5.13. The minimum absolute atomic E-state index is 0. The SMILES string of the molecule is COCCN1C[C@]2(CCN([C@@H]3CCc4cc(-c5cccc(-c6ccc[c-]c6C)c5Cl)nc(OC)c43)C2)NC1=O.Cn1c(=O)c2[c-]nc(C(F)(F)F)nc2n(C)c1=O.[Mn+2]. The minimum atomic E-state index is -4.76. The molecule has 18 heteroatoms. The van der Waals surface area contributed by atoms with Crippen LogP contribution in [0.15, 0.2) is 52.1 Å². The number of rotatable bonds is 7. The third-order valence-corrected chi connectivity index (χ3v) is 11.3. The number of pyridine rings is 1. The molecule has 1 N–H and O–H groups in total. The number of methoxy groups -OCH3 is 2. The maximum absolute atomic E-state index is 12.6. The van der Waals surface area contributed by atoms with Gasteiger partial charge in [0, 0.05) is 69.6 Å². The van der Waals surface area contributed by atoms with Crippen molar-refractivity contribution in [2.75, 3.05) is 47.0 Å². The first-order valence-electron chi connectivity index (χ1n) is 18.2. The number of halogens is 4. The number of aromatic nitrogens is 5. The van der Waals surface area contributed by atoms with E-state index in [1.54, 1.807) is 14.2 Å². The second-order valence-corrected chi connectivity index (χ2v) is 14.8. The molecule has 3 aliphatic rings. The monoisotopic (exact) mass is 859 g/mol. The summed E-state index contributed by atoms with van der Waals surface area (Å²) in [5.41, 5.74) is 5.07. The number of carbonyl (C=O) groups excluding carboxylic acids is 1. The molecule has 2 saturated heterocycles. The zero-order valence-electron chi connectivity index (χ0n) is 32.3. The largest absolute Gasteiger partial charge is 2.00 e. The fourth-order valence-corrected chi connectivity index (χ4v) is 8.30. The molecule has 0 saturated carbocycles. The van der Waals surface area contributed by atoms with Gasteiger partial charge in [0.25, 0.3) is 0 Å². The van der Waals surface area contributed by atoms with Gasteiger partial charge in [0.05, 0.1) is 30.6 Å². The third kappa shape index (κ3) is 7.97. The summed E-state index contributed by atoms with van der Waals surface area (Å²) in [5.74, 6) is -0.785. The van der Waals surface area contributed by atoms with Crippen molar-refractivity contribution in [2.45, 2.75) is 43.9 Å². The van der Waals surface area contributed by atoms with Crippen LogP contribution in [0.25, 0.3) is 33.4 Å². The second-order valence-electron chi connectivity index (χ2n) is 14.4. The second kappa shape index (κ2) is 16.8. The van der Waals surface area contributed by atoms with E-state index in [2.05, 4.69) is 38.4 Å². The standard InChI is InChI=1S/C31H34ClN4O3.C9H6F3N4O2.Mn/c1-20-7-4-5-8-22(20)23-9-6-10-24(28(23)32)25-17-21-11-12-26(27(21)29(33-25)39-3)35-14-13-31(18-35)19-36(15-16-38-2)30(37)34-31;1-15-5-4(6(17)16(2)8(15)18)3-13-7(14-5)9(10,11)12;/h4-6,8-10,17,26H,11-16,18-19H2,1-3H3,(H,34,37);1-2H3;/q2*-1;+2/t26-,31-;;/m1../s1. The van der Waals surface area contributed by atoms with Gasteiger partial charge in [-0.05, 0) is 42.5 Å². The Labute approximate surface area is 347 Å². The molecule has 305 valence electrons. The Bertz CT molecular complexity index is 2500. The van der Waals surface area contributed by atoms with E-state index >= 15 is 0 Å². The van der Waals surface area contributed by atoms with Crippen LogP contribution in [0.4, 0.5) is 18.0 Å². The molecule has 1 aliphatic carbocycles. The summed E-state index contributed by atoms with van der Waals surface area (Å²) in [5, 5.41) is 3.69. The molecule has 2 amide bonds. The number of nitrogens with one attached hydrogen (secondary N) is 1. The number of nitrogens with zero attached hydrogens (tertiary/aromatic N) is 7. The minimum Gasteiger partial charge on any atom is -0.481 e. The average molecular weight is 860 g/mol. The van der Waals surface area contributed by atoms with Crippen molar-refractivity contribution >= 4 is 28.7 Å². The Kier molecular flexibility index (Phi) is 12.4. The summed E-state index contributed by atoms with van der Waals surface area (Å²) in [7, 11) is 5.78. The Morgan fingerprint density at radius 3 is 2.48 bits per heavy atom. The fourth-order valence-electron chi connectivity index (χ4n) is 7.98. The Morgan fingerprint density at radius 1 is 1.03 bits per heavy atom. The number of aryl methyl sites for hydroxylation is 3. The van der Waals surface area contributed by atoms with Crippen LogP contribution in [0, 0.1) is 19.2 Å². The first-order valence-corrected chi connectivity index (χ1v) is 18.6. The number of hydrogen-bond acceptors (Lipinski definition) is 9. The van der Waals surface area contributed by atoms with E-state index < -0.39 is 28.9 Å². The van der Waals surface area contributed by atoms with Crippen molar-refractivity contribution in [1.82, 2.24) is 39.2 Å². The molecule has 8 rings (SSSR count). The molecule has 13 nitrogen and oxygen atoms in total. The molecule has 2 atom stereocenters. The summed E-state index contributed by atoms with van der Waals surface area (Å²) in [4.78, 5) is 51.3. The van der Waals surface area contributed by atoms with E-state index in [4.69, 9.17) is 26.1 Å². The van der Waals surface area contributed by atoms with Gasteiger partial charge in [0.2, 0.25) is 5.88 Å². The van der Waals surface area contributed by atoms with Gasteiger partial charge in [0.1, 0.15) is 0 Å². The van der Waals surface area contributed by atoms with Crippen LogP contribution in [0.3, 0.4) is 0 Å². The predicted molar refractivity (Wildman–Crippen MR) is 206 cm³/mol. The molecule has 1 spiro atoms. The summed E-state index contributed by atoms with van der Waals surface area (Å²) in [6.07, 6.45) is 0.0979. The van der Waals surface area contributed by atoms with Gasteiger partial charge in [0.15, 0.2) is 11.4 Å². The third-order valence-electron chi connectivity index (χ3n) is 10.9. The molecule has 5 aromatic rings. The molecule has 2 fully saturated rings. The van der Waals surface area contributed by atoms with E-state index in [-0.39, 0.29) is 40.1 Å². The summed E-state index contributed by atoms with van der Waals surface area (Å²) in [6.45, 7) is 5.67. The van der Waals surface area contributed by atoms with Crippen molar-refractivity contribution < 1.29 is 44.5 Å². The molecule has 0 unspecified atom stereocenters. The average Bonchev–Trinajstić information content (AvgIpc) is 3.90. The maximum atomic E-state index is 12.6. The number of amides is 2. The molecule has 3 aromatic heterocycles. The summed E-state index contributed by atoms with van der Waals surface area (Å²) < 4.78 is 49.9. The fraction of sp³-hybridized carbons (Fsp3) is 0.400. The van der Waals surface area contributed by atoms with Crippen LogP contribution < -0.4 is 21.3 Å². The first kappa shape index (κ1) is 42.8. The van der Waals surface area contributed by atoms with Crippen LogP contribution in [0.2, 0.25) is 5.02 Å². The van der Waals surface area contributed by atoms with Crippen molar-refractivity contribution in [2.24, 2.45) is 14.1 Å². The van der Waals surface area contributed by atoms with E-state index in [0.717, 1.165) is 69.4 Å². The number of likely N-dealkylation sites (tertiary alicyclic amines) is 1. The van der Waals surface area contributed by atoms with Crippen molar-refractivity contribution in [3.8, 4) is 28.3 Å². The maximum Gasteiger partial charge on any atom is 2.00 e. The quantitative estimate of drug-likeness (QED) is 0.175. The van der Waals surface area contributed by atoms with E-state index in [1.807, 2.05) is 48.4 Å². The molecule has 2 aromatic carbocycles. The number of hydrogen-bond donors (Lipinski definition) is 1. The van der Waals surface area contributed by atoms with Crippen LogP contribution in [-0.4, -0.2) is 92.5 Å². The molecule has 0 bridgehead atoms. The van der Waals surface area contributed by atoms with E-state index in [1.165, 1.54) is 25.2 Å². The molecule has 5 heterocycles. The Morgan fingerprint density at radius 2 is 1.78 bits per heavy atom. The number of alkyl halides is 3.